The number of methoxy groups -OCH3 is 1. The second kappa shape index (κ2) is 11.6. The molecule has 0 radical (unpaired) electrons. The van der Waals surface area contributed by atoms with Crippen molar-refractivity contribution in [2.45, 2.75) is 45.4 Å². The maximum atomic E-state index is 13.1. The van der Waals surface area contributed by atoms with Gasteiger partial charge in [-0.2, -0.15) is 5.10 Å². The minimum absolute atomic E-state index is 0.152. The highest BCUT2D eigenvalue weighted by molar-refractivity contribution is 5.88. The lowest BCUT2D eigenvalue weighted by Gasteiger charge is -2.24. The molecule has 0 N–H and O–H groups in total. The number of carbonyl (C=O) groups excluding carboxylic acids is 1. The number of anilines is 1. The fourth-order valence-electron chi connectivity index (χ4n) is 5.10. The Bertz CT molecular complexity index is 1370. The molecule has 2 aromatic heterocycles. The first-order valence-corrected chi connectivity index (χ1v) is 13.5. The first kappa shape index (κ1) is 25.7. The molecule has 0 spiro atoms. The summed E-state index contributed by atoms with van der Waals surface area (Å²) in [6.07, 6.45) is 5.25. The fraction of sp³-hybridized carbons (Fsp3) is 0.400. The van der Waals surface area contributed by atoms with Gasteiger partial charge in [0.15, 0.2) is 5.65 Å². The molecular formula is C30H36N6O2. The largest absolute Gasteiger partial charge is 0.497 e. The first-order chi connectivity index (χ1) is 18.6. The van der Waals surface area contributed by atoms with Crippen LogP contribution in [0.3, 0.4) is 0 Å². The minimum Gasteiger partial charge on any atom is -0.497 e. The van der Waals surface area contributed by atoms with Gasteiger partial charge in [0, 0.05) is 32.1 Å². The van der Waals surface area contributed by atoms with Crippen molar-refractivity contribution in [3.8, 4) is 11.4 Å². The average molecular weight is 513 g/mol. The molecule has 38 heavy (non-hydrogen) atoms. The van der Waals surface area contributed by atoms with Crippen LogP contribution in [0.5, 0.6) is 5.75 Å². The van der Waals surface area contributed by atoms with E-state index >= 15 is 0 Å². The molecule has 1 fully saturated rings. The summed E-state index contributed by atoms with van der Waals surface area (Å²) in [7, 11) is 1.65. The van der Waals surface area contributed by atoms with Crippen LogP contribution in [0.1, 0.15) is 50.4 Å². The van der Waals surface area contributed by atoms with Gasteiger partial charge in [0.05, 0.1) is 30.8 Å². The molecule has 8 nitrogen and oxygen atoms in total. The van der Waals surface area contributed by atoms with E-state index < -0.39 is 0 Å². The highest BCUT2D eigenvalue weighted by Gasteiger charge is 2.24. The third kappa shape index (κ3) is 5.49. The Morgan fingerprint density at radius 3 is 2.53 bits per heavy atom. The van der Waals surface area contributed by atoms with Crippen LogP contribution in [0.2, 0.25) is 0 Å². The van der Waals surface area contributed by atoms with E-state index in [4.69, 9.17) is 19.8 Å². The molecule has 0 saturated carbocycles. The second-order valence-electron chi connectivity index (χ2n) is 9.97. The highest BCUT2D eigenvalue weighted by atomic mass is 16.5. The van der Waals surface area contributed by atoms with Gasteiger partial charge < -0.3 is 14.5 Å². The van der Waals surface area contributed by atoms with Gasteiger partial charge in [0.25, 0.3) is 0 Å². The molecule has 0 bridgehead atoms. The molecular weight excluding hydrogens is 476 g/mol. The van der Waals surface area contributed by atoms with Crippen molar-refractivity contribution in [2.75, 3.05) is 38.2 Å². The molecule has 4 aromatic rings. The molecule has 1 aliphatic rings. The Labute approximate surface area is 224 Å². The van der Waals surface area contributed by atoms with Crippen LogP contribution >= 0.6 is 0 Å². The fourth-order valence-corrected chi connectivity index (χ4v) is 5.10. The van der Waals surface area contributed by atoms with Crippen LogP contribution in [-0.4, -0.2) is 63.8 Å². The number of hydrogen-bond acceptors (Lipinski definition) is 6. The number of aromatic nitrogens is 4. The van der Waals surface area contributed by atoms with Gasteiger partial charge in [-0.3, -0.25) is 4.79 Å². The number of hydrogen-bond donors (Lipinski definition) is 0. The average Bonchev–Trinajstić information content (AvgIpc) is 3.22. The zero-order valence-electron chi connectivity index (χ0n) is 22.5. The van der Waals surface area contributed by atoms with E-state index in [9.17, 15) is 4.79 Å². The predicted octanol–water partition coefficient (Wildman–Crippen LogP) is 5.01. The Balaban J connectivity index is 1.40. The van der Waals surface area contributed by atoms with Crippen molar-refractivity contribution in [3.05, 3.63) is 72.2 Å². The monoisotopic (exact) mass is 512 g/mol. The van der Waals surface area contributed by atoms with Crippen molar-refractivity contribution in [2.24, 2.45) is 0 Å². The van der Waals surface area contributed by atoms with E-state index in [-0.39, 0.29) is 11.8 Å². The number of nitrogens with zero attached hydrogens (tertiary/aromatic N) is 6. The van der Waals surface area contributed by atoms with E-state index in [0.29, 0.717) is 13.0 Å². The molecule has 1 saturated heterocycles. The predicted molar refractivity (Wildman–Crippen MR) is 150 cm³/mol. The number of rotatable bonds is 8. The summed E-state index contributed by atoms with van der Waals surface area (Å²) in [5, 5.41) is 5.65. The number of para-hydroxylation sites is 1. The van der Waals surface area contributed by atoms with E-state index in [2.05, 4.69) is 18.7 Å². The van der Waals surface area contributed by atoms with Crippen LogP contribution < -0.4 is 9.64 Å². The Morgan fingerprint density at radius 2 is 1.79 bits per heavy atom. The Morgan fingerprint density at radius 1 is 1.00 bits per heavy atom. The van der Waals surface area contributed by atoms with Crippen LogP contribution in [0.4, 0.5) is 5.82 Å². The van der Waals surface area contributed by atoms with Crippen LogP contribution in [-0.2, 0) is 11.2 Å². The summed E-state index contributed by atoms with van der Waals surface area (Å²) in [5.74, 6) is 2.96. The van der Waals surface area contributed by atoms with Crippen LogP contribution in [0, 0.1) is 0 Å². The maximum absolute atomic E-state index is 13.1. The summed E-state index contributed by atoms with van der Waals surface area (Å²) in [4.78, 5) is 27.5. The third-order valence-corrected chi connectivity index (χ3v) is 7.25. The Hall–Kier alpha value is -3.94. The molecule has 0 aliphatic carbocycles. The van der Waals surface area contributed by atoms with Gasteiger partial charge >= 0.3 is 0 Å². The molecule has 8 heteroatoms. The molecule has 198 valence electrons. The zero-order chi connectivity index (χ0) is 26.5. The van der Waals surface area contributed by atoms with Gasteiger partial charge in [-0.1, -0.05) is 50.6 Å². The highest BCUT2D eigenvalue weighted by Crippen LogP contribution is 2.30. The molecule has 3 heterocycles. The van der Waals surface area contributed by atoms with E-state index in [0.717, 1.165) is 78.6 Å². The zero-order valence-corrected chi connectivity index (χ0v) is 22.5. The van der Waals surface area contributed by atoms with Crippen molar-refractivity contribution < 1.29 is 9.53 Å². The molecule has 2 aromatic carbocycles. The topological polar surface area (TPSA) is 76.4 Å². The van der Waals surface area contributed by atoms with E-state index in [1.165, 1.54) is 0 Å². The lowest BCUT2D eigenvalue weighted by molar-refractivity contribution is -0.130. The minimum atomic E-state index is 0.152. The summed E-state index contributed by atoms with van der Waals surface area (Å²) >= 11 is 0. The van der Waals surface area contributed by atoms with Crippen LogP contribution in [0.15, 0.2) is 60.8 Å². The third-order valence-electron chi connectivity index (χ3n) is 7.25. The number of fused-ring (bicyclic) bond motifs is 1. The molecule has 1 amide bonds. The number of amides is 1. The molecule has 1 atom stereocenters. The SMILES string of the molecule is CCC[C@H](C)c1nc(N2CCCN(C(=O)Cc3ccc(OC)cc3)CC2)c2cnn(-c3ccccc3)c2n1. The second-order valence-corrected chi connectivity index (χ2v) is 9.97. The van der Waals surface area contributed by atoms with Crippen molar-refractivity contribution in [1.82, 2.24) is 24.6 Å². The van der Waals surface area contributed by atoms with Crippen molar-refractivity contribution >= 4 is 22.8 Å². The summed E-state index contributed by atoms with van der Waals surface area (Å²) in [6, 6.07) is 17.8. The summed E-state index contributed by atoms with van der Waals surface area (Å²) < 4.78 is 7.15. The van der Waals surface area contributed by atoms with E-state index in [1.807, 2.05) is 70.4 Å². The lowest BCUT2D eigenvalue weighted by Crippen LogP contribution is -2.36. The van der Waals surface area contributed by atoms with Gasteiger partial charge in [0.2, 0.25) is 5.91 Å². The van der Waals surface area contributed by atoms with Gasteiger partial charge in [-0.15, -0.1) is 0 Å². The number of ether oxygens (including phenoxy) is 1. The lowest BCUT2D eigenvalue weighted by atomic mass is 10.1. The summed E-state index contributed by atoms with van der Waals surface area (Å²) in [6.45, 7) is 7.33. The number of carbonyl (C=O) groups is 1. The van der Waals surface area contributed by atoms with Gasteiger partial charge in [0.1, 0.15) is 17.4 Å². The van der Waals surface area contributed by atoms with Crippen molar-refractivity contribution in [1.29, 1.82) is 0 Å². The smallest absolute Gasteiger partial charge is 0.227 e. The molecule has 0 unspecified atom stereocenters. The van der Waals surface area contributed by atoms with Crippen molar-refractivity contribution in [3.63, 3.8) is 0 Å². The normalized spacial score (nSPS) is 14.9. The standard InChI is InChI=1S/C30H36N6O2/c1-4-9-22(2)28-32-29(26-21-31-36(30(26)33-28)24-10-6-5-7-11-24)35-17-8-16-34(18-19-35)27(37)20-23-12-14-25(38-3)15-13-23/h5-7,10-15,21-22H,4,8-9,16-20H2,1-3H3/t22-/m0/s1. The first-order valence-electron chi connectivity index (χ1n) is 13.5. The quantitative estimate of drug-likeness (QED) is 0.330. The maximum Gasteiger partial charge on any atom is 0.227 e. The molecule has 1 aliphatic heterocycles. The van der Waals surface area contributed by atoms with Gasteiger partial charge in [-0.25, -0.2) is 14.6 Å². The molecule has 5 rings (SSSR count). The van der Waals surface area contributed by atoms with Crippen LogP contribution in [0.25, 0.3) is 16.7 Å². The number of benzene rings is 2. The Kier molecular flexibility index (Phi) is 7.86. The van der Waals surface area contributed by atoms with Gasteiger partial charge in [-0.05, 0) is 42.7 Å². The van der Waals surface area contributed by atoms with E-state index in [1.54, 1.807) is 7.11 Å². The summed E-state index contributed by atoms with van der Waals surface area (Å²) in [5.41, 5.74) is 2.81.